The van der Waals surface area contributed by atoms with Gasteiger partial charge in [0.1, 0.15) is 11.5 Å². The molecular weight excluding hydrogens is 264 g/mol. The molecule has 1 saturated heterocycles. The van der Waals surface area contributed by atoms with Crippen LogP contribution in [0.1, 0.15) is 44.2 Å². The lowest BCUT2D eigenvalue weighted by Crippen LogP contribution is -2.40. The minimum atomic E-state index is 0.207. The smallest absolute Gasteiger partial charge is 0.127 e. The first-order chi connectivity index (χ1) is 10.2. The van der Waals surface area contributed by atoms with Gasteiger partial charge < -0.3 is 15.2 Å². The fourth-order valence-corrected chi connectivity index (χ4v) is 3.29. The Hall–Kier alpha value is -1.26. The first-order valence-corrected chi connectivity index (χ1v) is 7.89. The number of hydrogen-bond acceptors (Lipinski definition) is 4. The van der Waals surface area contributed by atoms with Crippen LogP contribution in [0.5, 0.6) is 11.5 Å². The molecule has 0 amide bonds. The summed E-state index contributed by atoms with van der Waals surface area (Å²) in [5.41, 5.74) is 7.28. The van der Waals surface area contributed by atoms with Crippen LogP contribution in [-0.2, 0) is 0 Å². The monoisotopic (exact) mass is 292 g/mol. The Morgan fingerprint density at radius 2 is 2.05 bits per heavy atom. The van der Waals surface area contributed by atoms with E-state index in [-0.39, 0.29) is 6.04 Å². The van der Waals surface area contributed by atoms with Gasteiger partial charge >= 0.3 is 0 Å². The molecule has 0 saturated carbocycles. The molecule has 1 aliphatic heterocycles. The lowest BCUT2D eigenvalue weighted by molar-refractivity contribution is 0.148. The van der Waals surface area contributed by atoms with Crippen molar-refractivity contribution in [3.63, 3.8) is 0 Å². The highest BCUT2D eigenvalue weighted by Gasteiger charge is 2.27. The molecular formula is C17H28N2O2. The van der Waals surface area contributed by atoms with Gasteiger partial charge in [0, 0.05) is 24.2 Å². The second kappa shape index (κ2) is 7.66. The van der Waals surface area contributed by atoms with Crippen LogP contribution in [0.2, 0.25) is 0 Å². The molecule has 4 heteroatoms. The molecule has 0 bridgehead atoms. The maximum Gasteiger partial charge on any atom is 0.127 e. The molecule has 0 aromatic heterocycles. The van der Waals surface area contributed by atoms with Crippen molar-refractivity contribution in [3.05, 3.63) is 23.8 Å². The number of nitrogens with two attached hydrogens (primary N) is 1. The molecule has 2 rings (SSSR count). The van der Waals surface area contributed by atoms with Gasteiger partial charge in [-0.15, -0.1) is 0 Å². The van der Waals surface area contributed by atoms with E-state index in [0.717, 1.165) is 23.6 Å². The van der Waals surface area contributed by atoms with Crippen LogP contribution in [0.4, 0.5) is 0 Å². The molecule has 0 radical (unpaired) electrons. The fraction of sp³-hybridized carbons (Fsp3) is 0.647. The average Bonchev–Trinajstić information content (AvgIpc) is 2.73. The van der Waals surface area contributed by atoms with E-state index in [1.165, 1.54) is 25.7 Å². The minimum Gasteiger partial charge on any atom is -0.497 e. The van der Waals surface area contributed by atoms with Crippen molar-refractivity contribution in [3.8, 4) is 11.5 Å². The topological polar surface area (TPSA) is 47.7 Å². The van der Waals surface area contributed by atoms with Crippen molar-refractivity contribution in [1.29, 1.82) is 0 Å². The quantitative estimate of drug-likeness (QED) is 0.906. The molecule has 118 valence electrons. The molecule has 2 N–H and O–H groups in total. The highest BCUT2D eigenvalue weighted by atomic mass is 16.5. The Morgan fingerprint density at radius 1 is 1.24 bits per heavy atom. The number of ether oxygens (including phenoxy) is 2. The third-order valence-electron chi connectivity index (χ3n) is 4.53. The third-order valence-corrected chi connectivity index (χ3v) is 4.53. The Labute approximate surface area is 128 Å². The molecule has 1 fully saturated rings. The van der Waals surface area contributed by atoms with Crippen LogP contribution in [0.3, 0.4) is 0 Å². The van der Waals surface area contributed by atoms with Crippen LogP contribution >= 0.6 is 0 Å². The van der Waals surface area contributed by atoms with Crippen molar-refractivity contribution < 1.29 is 9.47 Å². The molecule has 1 heterocycles. The average molecular weight is 292 g/mol. The van der Waals surface area contributed by atoms with Crippen molar-refractivity contribution in [2.24, 2.45) is 5.73 Å². The predicted octanol–water partition coefficient (Wildman–Crippen LogP) is 2.97. The number of rotatable bonds is 5. The third kappa shape index (κ3) is 3.69. The van der Waals surface area contributed by atoms with Gasteiger partial charge in [0.05, 0.1) is 20.3 Å². The van der Waals surface area contributed by atoms with Gasteiger partial charge in [-0.05, 0) is 32.4 Å². The second-order valence-electron chi connectivity index (χ2n) is 5.80. The normalized spacial score (nSPS) is 21.6. The fourth-order valence-electron chi connectivity index (χ4n) is 3.29. The van der Waals surface area contributed by atoms with Gasteiger partial charge in [-0.25, -0.2) is 0 Å². The van der Waals surface area contributed by atoms with Crippen molar-refractivity contribution in [2.75, 3.05) is 27.3 Å². The maximum absolute atomic E-state index is 6.11. The summed E-state index contributed by atoms with van der Waals surface area (Å²) in [4.78, 5) is 2.54. The van der Waals surface area contributed by atoms with E-state index in [2.05, 4.69) is 17.9 Å². The number of methoxy groups -OCH3 is 2. The highest BCUT2D eigenvalue weighted by molar-refractivity contribution is 5.42. The zero-order valence-electron chi connectivity index (χ0n) is 13.5. The summed E-state index contributed by atoms with van der Waals surface area (Å²) in [6.45, 7) is 4.02. The summed E-state index contributed by atoms with van der Waals surface area (Å²) in [6.07, 6.45) is 5.13. The number of nitrogens with zero attached hydrogens (tertiary/aromatic N) is 1. The largest absolute Gasteiger partial charge is 0.497 e. The van der Waals surface area contributed by atoms with Gasteiger partial charge in [0.15, 0.2) is 0 Å². The Kier molecular flexibility index (Phi) is 5.88. The molecule has 4 nitrogen and oxygen atoms in total. The summed E-state index contributed by atoms with van der Waals surface area (Å²) in [5, 5.41) is 0. The standard InChI is InChI=1S/C17H28N2O2/c1-13-7-5-4-6-10-19(13)16(12-18)15-9-8-14(20-2)11-17(15)21-3/h8-9,11,13,16H,4-7,10,12,18H2,1-3H3. The molecule has 1 aliphatic rings. The van der Waals surface area contributed by atoms with E-state index in [1.54, 1.807) is 14.2 Å². The second-order valence-corrected chi connectivity index (χ2v) is 5.80. The Morgan fingerprint density at radius 3 is 2.71 bits per heavy atom. The first-order valence-electron chi connectivity index (χ1n) is 7.89. The van der Waals surface area contributed by atoms with Crippen molar-refractivity contribution in [2.45, 2.75) is 44.7 Å². The van der Waals surface area contributed by atoms with E-state index >= 15 is 0 Å². The maximum atomic E-state index is 6.11. The summed E-state index contributed by atoms with van der Waals surface area (Å²) in [7, 11) is 3.38. The van der Waals surface area contributed by atoms with Crippen LogP contribution < -0.4 is 15.2 Å². The van der Waals surface area contributed by atoms with E-state index in [9.17, 15) is 0 Å². The molecule has 2 atom stereocenters. The minimum absolute atomic E-state index is 0.207. The molecule has 0 spiro atoms. The van der Waals surface area contributed by atoms with Gasteiger partial charge in [0.2, 0.25) is 0 Å². The zero-order chi connectivity index (χ0) is 15.2. The van der Waals surface area contributed by atoms with E-state index in [1.807, 2.05) is 12.1 Å². The van der Waals surface area contributed by atoms with Crippen LogP contribution in [0.25, 0.3) is 0 Å². The van der Waals surface area contributed by atoms with Gasteiger partial charge in [-0.3, -0.25) is 4.90 Å². The van der Waals surface area contributed by atoms with Crippen molar-refractivity contribution in [1.82, 2.24) is 4.90 Å². The number of benzene rings is 1. The summed E-state index contributed by atoms with van der Waals surface area (Å²) in [6, 6.07) is 6.79. The number of likely N-dealkylation sites (tertiary alicyclic amines) is 1. The number of hydrogen-bond donors (Lipinski definition) is 1. The van der Waals surface area contributed by atoms with E-state index in [4.69, 9.17) is 15.2 Å². The van der Waals surface area contributed by atoms with Crippen LogP contribution in [0.15, 0.2) is 18.2 Å². The van der Waals surface area contributed by atoms with Gasteiger partial charge in [0.25, 0.3) is 0 Å². The highest BCUT2D eigenvalue weighted by Crippen LogP contribution is 2.34. The van der Waals surface area contributed by atoms with Gasteiger partial charge in [-0.2, -0.15) is 0 Å². The first kappa shape index (κ1) is 16.1. The summed E-state index contributed by atoms with van der Waals surface area (Å²) in [5.74, 6) is 1.68. The Bertz CT molecular complexity index is 450. The van der Waals surface area contributed by atoms with Crippen LogP contribution in [0, 0.1) is 0 Å². The predicted molar refractivity (Wildman–Crippen MR) is 86.0 cm³/mol. The molecule has 0 aliphatic carbocycles. The Balaban J connectivity index is 2.31. The lowest BCUT2D eigenvalue weighted by atomic mass is 10.0. The molecule has 1 aromatic rings. The zero-order valence-corrected chi connectivity index (χ0v) is 13.5. The summed E-state index contributed by atoms with van der Waals surface area (Å²) < 4.78 is 10.9. The van der Waals surface area contributed by atoms with Crippen molar-refractivity contribution >= 4 is 0 Å². The molecule has 2 unspecified atom stereocenters. The summed E-state index contributed by atoms with van der Waals surface area (Å²) >= 11 is 0. The lowest BCUT2D eigenvalue weighted by Gasteiger charge is -2.35. The van der Waals surface area contributed by atoms with E-state index < -0.39 is 0 Å². The van der Waals surface area contributed by atoms with Crippen LogP contribution in [-0.4, -0.2) is 38.3 Å². The SMILES string of the molecule is COc1ccc(C(CN)N2CCCCCC2C)c(OC)c1. The molecule has 21 heavy (non-hydrogen) atoms. The van der Waals surface area contributed by atoms with Gasteiger partial charge in [-0.1, -0.05) is 18.9 Å². The molecule has 1 aromatic carbocycles. The van der Waals surface area contributed by atoms with E-state index in [0.29, 0.717) is 12.6 Å².